The number of nitrogen functional groups attached to an aromatic ring is 1. The van der Waals surface area contributed by atoms with Crippen molar-refractivity contribution >= 4 is 27.2 Å². The number of hydrogen-bond donors (Lipinski definition) is 1. The summed E-state index contributed by atoms with van der Waals surface area (Å²) >= 11 is 1.59. The minimum absolute atomic E-state index is 0.170. The first-order chi connectivity index (χ1) is 8.24. The minimum atomic E-state index is -0.388. The molecule has 17 heavy (non-hydrogen) atoms. The molecule has 0 saturated heterocycles. The second kappa shape index (κ2) is 3.82. The number of rotatable bonds is 1. The maximum absolute atomic E-state index is 13.4. The highest BCUT2D eigenvalue weighted by Crippen LogP contribution is 2.27. The van der Waals surface area contributed by atoms with E-state index >= 15 is 0 Å². The fourth-order valence-electron chi connectivity index (χ4n) is 1.74. The molecular weight excluding hydrogens is 235 g/mol. The first-order valence-corrected chi connectivity index (χ1v) is 6.01. The van der Waals surface area contributed by atoms with Gasteiger partial charge in [-0.2, -0.15) is 0 Å². The van der Waals surface area contributed by atoms with Gasteiger partial charge in [0.2, 0.25) is 0 Å². The van der Waals surface area contributed by atoms with Crippen LogP contribution in [0.1, 0.15) is 0 Å². The molecule has 0 aliphatic rings. The van der Waals surface area contributed by atoms with Crippen molar-refractivity contribution in [3.8, 4) is 11.1 Å². The molecule has 0 aliphatic carbocycles. The molecule has 0 amide bonds. The Hall–Kier alpha value is -1.94. The summed E-state index contributed by atoms with van der Waals surface area (Å²) in [5, 5.41) is 0. The molecule has 2 N–H and O–H groups in total. The van der Waals surface area contributed by atoms with Crippen LogP contribution in [0.25, 0.3) is 21.3 Å². The lowest BCUT2D eigenvalue weighted by Gasteiger charge is -2.03. The van der Waals surface area contributed by atoms with Crippen molar-refractivity contribution in [2.45, 2.75) is 0 Å². The molecule has 1 aromatic heterocycles. The van der Waals surface area contributed by atoms with Gasteiger partial charge in [0.15, 0.2) is 0 Å². The van der Waals surface area contributed by atoms with Crippen LogP contribution in [0.4, 0.5) is 10.1 Å². The van der Waals surface area contributed by atoms with Gasteiger partial charge in [0.25, 0.3) is 0 Å². The third kappa shape index (κ3) is 1.76. The number of halogens is 1. The lowest BCUT2D eigenvalue weighted by atomic mass is 10.0. The number of anilines is 1. The van der Waals surface area contributed by atoms with Crippen LogP contribution in [-0.4, -0.2) is 4.98 Å². The molecule has 0 bridgehead atoms. The highest BCUT2D eigenvalue weighted by molar-refractivity contribution is 7.16. The Kier molecular flexibility index (Phi) is 2.30. The number of aromatic nitrogens is 1. The molecular formula is C13H9FN2S. The van der Waals surface area contributed by atoms with E-state index in [4.69, 9.17) is 5.73 Å². The zero-order valence-electron chi connectivity index (χ0n) is 8.85. The third-order valence-electron chi connectivity index (χ3n) is 2.66. The van der Waals surface area contributed by atoms with Gasteiger partial charge in [0, 0.05) is 0 Å². The SMILES string of the molecule is Nc1ccc(-c2ccc3scnc3c2)cc1F. The third-order valence-corrected chi connectivity index (χ3v) is 3.47. The Morgan fingerprint density at radius 1 is 1.06 bits per heavy atom. The Morgan fingerprint density at radius 3 is 2.65 bits per heavy atom. The van der Waals surface area contributed by atoms with Crippen LogP contribution in [-0.2, 0) is 0 Å². The first kappa shape index (κ1) is 10.2. The highest BCUT2D eigenvalue weighted by atomic mass is 32.1. The van der Waals surface area contributed by atoms with Crippen molar-refractivity contribution in [3.05, 3.63) is 47.7 Å². The smallest absolute Gasteiger partial charge is 0.146 e. The summed E-state index contributed by atoms with van der Waals surface area (Å²) in [4.78, 5) is 4.24. The quantitative estimate of drug-likeness (QED) is 0.663. The number of benzene rings is 2. The average molecular weight is 244 g/mol. The molecule has 0 radical (unpaired) electrons. The second-order valence-corrected chi connectivity index (χ2v) is 4.66. The zero-order valence-corrected chi connectivity index (χ0v) is 9.67. The van der Waals surface area contributed by atoms with E-state index in [9.17, 15) is 4.39 Å². The van der Waals surface area contributed by atoms with Gasteiger partial charge in [-0.1, -0.05) is 12.1 Å². The van der Waals surface area contributed by atoms with Crippen LogP contribution < -0.4 is 5.73 Å². The van der Waals surface area contributed by atoms with E-state index in [0.29, 0.717) is 0 Å². The van der Waals surface area contributed by atoms with Gasteiger partial charge in [-0.25, -0.2) is 9.37 Å². The Balaban J connectivity index is 2.16. The summed E-state index contributed by atoms with van der Waals surface area (Å²) in [6, 6.07) is 10.8. The van der Waals surface area contributed by atoms with Gasteiger partial charge in [-0.15, -0.1) is 11.3 Å². The molecule has 2 nitrogen and oxygen atoms in total. The van der Waals surface area contributed by atoms with Crippen molar-refractivity contribution in [1.29, 1.82) is 0 Å². The van der Waals surface area contributed by atoms with Crippen LogP contribution in [0.2, 0.25) is 0 Å². The number of thiazole rings is 1. The largest absolute Gasteiger partial charge is 0.396 e. The molecule has 0 fully saturated rings. The fourth-order valence-corrected chi connectivity index (χ4v) is 2.40. The number of hydrogen-bond acceptors (Lipinski definition) is 3. The lowest BCUT2D eigenvalue weighted by Crippen LogP contribution is -1.90. The van der Waals surface area contributed by atoms with Crippen molar-refractivity contribution in [2.24, 2.45) is 0 Å². The van der Waals surface area contributed by atoms with Gasteiger partial charge in [0.05, 0.1) is 21.4 Å². The molecule has 0 spiro atoms. The van der Waals surface area contributed by atoms with Crippen LogP contribution in [0.15, 0.2) is 41.9 Å². The standard InChI is InChI=1S/C13H9FN2S/c14-10-5-8(1-3-11(10)15)9-2-4-13-12(6-9)16-7-17-13/h1-7H,15H2. The van der Waals surface area contributed by atoms with E-state index in [1.54, 1.807) is 22.9 Å². The van der Waals surface area contributed by atoms with Crippen molar-refractivity contribution in [3.63, 3.8) is 0 Å². The Labute approximate surface area is 102 Å². The summed E-state index contributed by atoms with van der Waals surface area (Å²) in [7, 11) is 0. The molecule has 4 heteroatoms. The lowest BCUT2D eigenvalue weighted by molar-refractivity contribution is 0.633. The molecule has 0 unspecified atom stereocenters. The summed E-state index contributed by atoms with van der Waals surface area (Å²) in [5.41, 5.74) is 10.1. The average Bonchev–Trinajstić information content (AvgIpc) is 2.79. The molecule has 0 saturated carbocycles. The maximum atomic E-state index is 13.4. The van der Waals surface area contributed by atoms with Crippen molar-refractivity contribution in [2.75, 3.05) is 5.73 Å². The van der Waals surface area contributed by atoms with Gasteiger partial charge < -0.3 is 5.73 Å². The first-order valence-electron chi connectivity index (χ1n) is 5.13. The fraction of sp³-hybridized carbons (Fsp3) is 0. The number of nitrogens with zero attached hydrogens (tertiary/aromatic N) is 1. The minimum Gasteiger partial charge on any atom is -0.396 e. The molecule has 0 aliphatic heterocycles. The Bertz CT molecular complexity index is 691. The molecule has 3 rings (SSSR count). The molecule has 2 aromatic carbocycles. The molecule has 1 heterocycles. The van der Waals surface area contributed by atoms with E-state index < -0.39 is 0 Å². The van der Waals surface area contributed by atoms with E-state index in [1.165, 1.54) is 6.07 Å². The predicted octanol–water partition coefficient (Wildman–Crippen LogP) is 3.68. The van der Waals surface area contributed by atoms with Gasteiger partial charge in [-0.05, 0) is 35.4 Å². The summed E-state index contributed by atoms with van der Waals surface area (Å²) in [5.74, 6) is -0.388. The second-order valence-electron chi connectivity index (χ2n) is 3.77. The van der Waals surface area contributed by atoms with E-state index in [2.05, 4.69) is 4.98 Å². The van der Waals surface area contributed by atoms with Gasteiger partial charge >= 0.3 is 0 Å². The monoisotopic (exact) mass is 244 g/mol. The van der Waals surface area contributed by atoms with Gasteiger partial charge in [0.1, 0.15) is 5.82 Å². The molecule has 0 atom stereocenters. The van der Waals surface area contributed by atoms with Crippen LogP contribution in [0.3, 0.4) is 0 Å². The summed E-state index contributed by atoms with van der Waals surface area (Å²) < 4.78 is 14.5. The number of fused-ring (bicyclic) bond motifs is 1. The van der Waals surface area contributed by atoms with Crippen LogP contribution >= 0.6 is 11.3 Å². The maximum Gasteiger partial charge on any atom is 0.146 e. The molecule has 84 valence electrons. The zero-order chi connectivity index (χ0) is 11.8. The van der Waals surface area contributed by atoms with Crippen molar-refractivity contribution < 1.29 is 4.39 Å². The summed E-state index contributed by atoms with van der Waals surface area (Å²) in [6.45, 7) is 0. The van der Waals surface area contributed by atoms with E-state index in [0.717, 1.165) is 21.3 Å². The van der Waals surface area contributed by atoms with Crippen LogP contribution in [0, 0.1) is 5.82 Å². The van der Waals surface area contributed by atoms with Crippen molar-refractivity contribution in [1.82, 2.24) is 4.98 Å². The Morgan fingerprint density at radius 2 is 1.82 bits per heavy atom. The highest BCUT2D eigenvalue weighted by Gasteiger charge is 2.04. The summed E-state index contributed by atoms with van der Waals surface area (Å²) in [6.07, 6.45) is 0. The predicted molar refractivity (Wildman–Crippen MR) is 69.4 cm³/mol. The molecule has 3 aromatic rings. The number of nitrogens with two attached hydrogens (primary N) is 1. The van der Waals surface area contributed by atoms with Gasteiger partial charge in [-0.3, -0.25) is 0 Å². The normalized spacial score (nSPS) is 10.9. The van der Waals surface area contributed by atoms with E-state index in [-0.39, 0.29) is 11.5 Å². The van der Waals surface area contributed by atoms with E-state index in [1.807, 2.05) is 24.3 Å². The topological polar surface area (TPSA) is 38.9 Å². The van der Waals surface area contributed by atoms with Crippen LogP contribution in [0.5, 0.6) is 0 Å².